The maximum absolute atomic E-state index is 14.2. The molecule has 1 saturated heterocycles. The second-order valence-corrected chi connectivity index (χ2v) is 19.9. The molecule has 12 heteroatoms. The number of likely N-dealkylation sites (N-methyl/N-ethyl adjacent to an activating group) is 1. The zero-order valence-corrected chi connectivity index (χ0v) is 33.9. The van der Waals surface area contributed by atoms with Crippen LogP contribution in [0.15, 0.2) is 30.3 Å². The number of nitrogens with one attached hydrogen (secondary N) is 1. The Labute approximate surface area is 307 Å². The Kier molecular flexibility index (Phi) is 17.7. The van der Waals surface area contributed by atoms with Crippen molar-refractivity contribution < 1.29 is 33.4 Å². The van der Waals surface area contributed by atoms with E-state index in [0.29, 0.717) is 19.4 Å². The molecular formula is C38H61IN4O7. The number of ether oxygens (including phenoxy) is 3. The van der Waals surface area contributed by atoms with Crippen LogP contribution in [0.4, 0.5) is 0 Å². The summed E-state index contributed by atoms with van der Waals surface area (Å²) in [5, 5.41) is 2.92. The third kappa shape index (κ3) is 10.7. The summed E-state index contributed by atoms with van der Waals surface area (Å²) in [5.41, 5.74) is 6.01. The molecule has 8 atom stereocenters. The Balaban J connectivity index is 2.33. The summed E-state index contributed by atoms with van der Waals surface area (Å²) in [6, 6.07) is 8.15. The van der Waals surface area contributed by atoms with Gasteiger partial charge in [0.2, 0.25) is 0 Å². The number of amides is 3. The first-order valence-corrected chi connectivity index (χ1v) is 23.0. The number of carbonyl (C=O) groups excluding carboxylic acids is 4. The summed E-state index contributed by atoms with van der Waals surface area (Å²) in [6.07, 6.45) is 6.96. The number of hydrogen-bond donors (Lipinski definition) is 2. The normalized spacial score (nSPS) is 19.6. The second-order valence-electron chi connectivity index (χ2n) is 13.9. The number of rotatable bonds is 19. The van der Waals surface area contributed by atoms with Gasteiger partial charge in [-0.15, -0.1) is 0 Å². The summed E-state index contributed by atoms with van der Waals surface area (Å²) in [5.74, 6) is 0.787. The fourth-order valence-corrected chi connectivity index (χ4v) is 8.22. The number of hydrogen-bond acceptors (Lipinski definition) is 8. The molecule has 0 aromatic heterocycles. The van der Waals surface area contributed by atoms with Crippen LogP contribution in [-0.2, 0) is 39.8 Å². The van der Waals surface area contributed by atoms with E-state index in [1.165, 1.54) is 19.1 Å². The molecule has 0 saturated carbocycles. The number of nitrogens with two attached hydrogens (primary N) is 1. The Morgan fingerprint density at radius 3 is 2.28 bits per heavy atom. The number of esters is 1. The van der Waals surface area contributed by atoms with Gasteiger partial charge in [-0.1, -0.05) is 44.2 Å². The molecule has 3 amide bonds. The topological polar surface area (TPSA) is 141 Å². The molecule has 1 heterocycles. The number of methoxy groups -OCH3 is 2. The van der Waals surface area contributed by atoms with Crippen molar-refractivity contribution in [1.29, 1.82) is 0 Å². The van der Waals surface area contributed by atoms with Gasteiger partial charge in [0.05, 0.1) is 6.61 Å². The van der Waals surface area contributed by atoms with E-state index in [1.54, 1.807) is 18.9 Å². The van der Waals surface area contributed by atoms with Gasteiger partial charge in [0.15, 0.2) is 0 Å². The van der Waals surface area contributed by atoms with Crippen molar-refractivity contribution in [3.05, 3.63) is 35.9 Å². The zero-order valence-electron chi connectivity index (χ0n) is 31.7. The molecule has 2 rings (SSSR count). The molecule has 3 N–H and O–H groups in total. The molecule has 1 aliphatic heterocycles. The van der Waals surface area contributed by atoms with E-state index in [2.05, 4.69) is 11.2 Å². The summed E-state index contributed by atoms with van der Waals surface area (Å²) in [6.45, 7) is 10.3. The number of likely N-dealkylation sites (tertiary alicyclic amines) is 1. The minimum absolute atomic E-state index is 0.0766. The molecule has 0 spiro atoms. The van der Waals surface area contributed by atoms with Crippen LogP contribution in [0.2, 0.25) is 0 Å². The molecule has 0 bridgehead atoms. The van der Waals surface area contributed by atoms with E-state index in [-0.39, 0.29) is 49.0 Å². The Morgan fingerprint density at radius 1 is 1.12 bits per heavy atom. The molecule has 1 aromatic rings. The van der Waals surface area contributed by atoms with Gasteiger partial charge in [-0.05, 0) is 11.5 Å². The monoisotopic (exact) mass is 812 g/mol. The fourth-order valence-electron chi connectivity index (χ4n) is 6.74. The summed E-state index contributed by atoms with van der Waals surface area (Å²) in [4.78, 5) is 62.0. The third-order valence-corrected chi connectivity index (χ3v) is 13.2. The van der Waals surface area contributed by atoms with E-state index in [1.807, 2.05) is 67.9 Å². The van der Waals surface area contributed by atoms with Gasteiger partial charge >= 0.3 is 214 Å². The standard InChI is InChI=1S/C38H61IN4O7/c1-12-26(5)38(13-2,42(9)36(46)34(40)39(7)8)31(48-10)23-32(44)43-21-17-20-30(43)33(49-11)27(6)35(45)41-29(37(47)50-24-25(3)4)22-28-18-15-14-16-19-28/h2,14-16,18-19,25-27,29-31,33-34H,12,17,20-24,40H2,1,3-11H3,(H,41,45)/t26-,27+,29-,30-,31+,33+,34?,38?/m0/s1. The molecule has 1 fully saturated rings. The van der Waals surface area contributed by atoms with E-state index >= 15 is 0 Å². The number of carbonyl (C=O) groups is 4. The van der Waals surface area contributed by atoms with Crippen LogP contribution in [0.5, 0.6) is 0 Å². The number of halogens is 1. The van der Waals surface area contributed by atoms with Crippen molar-refractivity contribution in [2.45, 2.75) is 101 Å². The molecule has 0 radical (unpaired) electrons. The van der Waals surface area contributed by atoms with Gasteiger partial charge < -0.3 is 10.1 Å². The zero-order chi connectivity index (χ0) is 37.8. The van der Waals surface area contributed by atoms with Crippen LogP contribution in [0.1, 0.15) is 65.9 Å². The molecule has 11 nitrogen and oxygen atoms in total. The van der Waals surface area contributed by atoms with Gasteiger partial charge in [-0.3, -0.25) is 4.79 Å². The van der Waals surface area contributed by atoms with Crippen molar-refractivity contribution in [1.82, 2.24) is 15.1 Å². The molecule has 1 aromatic carbocycles. The Bertz CT molecular complexity index is 1310. The first-order chi connectivity index (χ1) is 23.6. The Hall–Kier alpha value is -2.73. The van der Waals surface area contributed by atoms with Crippen molar-refractivity contribution in [2.75, 3.05) is 44.3 Å². The first kappa shape index (κ1) is 43.4. The number of benzene rings is 1. The molecule has 0 aliphatic carbocycles. The second kappa shape index (κ2) is 20.3. The summed E-state index contributed by atoms with van der Waals surface area (Å²) < 4.78 is 16.8. The van der Waals surface area contributed by atoms with Crippen molar-refractivity contribution in [3.63, 3.8) is 0 Å². The number of nitrogens with zero attached hydrogens (tertiary/aromatic N) is 2. The summed E-state index contributed by atoms with van der Waals surface area (Å²) >= 11 is -1.73. The predicted octanol–water partition coefficient (Wildman–Crippen LogP) is 3.89. The van der Waals surface area contributed by atoms with Crippen molar-refractivity contribution >= 4 is 43.5 Å². The maximum atomic E-state index is 14.2. The van der Waals surface area contributed by atoms with Gasteiger partial charge in [0.25, 0.3) is 0 Å². The van der Waals surface area contributed by atoms with Gasteiger partial charge in [-0.2, -0.15) is 0 Å². The van der Waals surface area contributed by atoms with E-state index in [0.717, 1.165) is 12.0 Å². The molecule has 2 unspecified atom stereocenters. The Morgan fingerprint density at radius 2 is 1.76 bits per heavy atom. The third-order valence-electron chi connectivity index (χ3n) is 9.94. The fraction of sp³-hybridized carbons (Fsp3) is 0.684. The quantitative estimate of drug-likeness (QED) is 0.0706. The van der Waals surface area contributed by atoms with Crippen LogP contribution in [0.3, 0.4) is 0 Å². The molecule has 1 aliphatic rings. The van der Waals surface area contributed by atoms with Crippen molar-refractivity contribution in [2.24, 2.45) is 23.5 Å². The molecule has 282 valence electrons. The number of terminal acetylenes is 1. The average molecular weight is 813 g/mol. The van der Waals surface area contributed by atoms with Crippen LogP contribution in [0.25, 0.3) is 0 Å². The van der Waals surface area contributed by atoms with Crippen LogP contribution >= 0.6 is 19.8 Å². The minimum atomic E-state index is -1.73. The van der Waals surface area contributed by atoms with E-state index in [4.69, 9.17) is 26.4 Å². The molecule has 50 heavy (non-hydrogen) atoms. The van der Waals surface area contributed by atoms with E-state index in [9.17, 15) is 19.2 Å². The van der Waals surface area contributed by atoms with Crippen molar-refractivity contribution in [3.8, 4) is 12.3 Å². The first-order valence-electron chi connectivity index (χ1n) is 17.5. The van der Waals surface area contributed by atoms with E-state index < -0.39 is 65.6 Å². The SMILES string of the molecule is C#CC([C@@H](C)CC)([C@@H](CC(=O)N1CCC[C@H]1[C@H](OC)[C@@H](C)C(=O)N[C@@H](Cc1ccccc1)C(=O)OCC(C)C)OC)N(C)C(=O)C(N)I(C)C. The average Bonchev–Trinajstić information content (AvgIpc) is 3.59. The predicted molar refractivity (Wildman–Crippen MR) is 206 cm³/mol. The summed E-state index contributed by atoms with van der Waals surface area (Å²) in [7, 11) is 4.70. The van der Waals surface area contributed by atoms with Crippen LogP contribution in [-0.4, -0.2) is 112 Å². The van der Waals surface area contributed by atoms with Gasteiger partial charge in [0.1, 0.15) is 6.04 Å². The number of alkyl halides is 3. The van der Waals surface area contributed by atoms with Crippen LogP contribution < -0.4 is 11.1 Å². The van der Waals surface area contributed by atoms with Gasteiger partial charge in [-0.25, -0.2) is 4.79 Å². The molecular weight excluding hydrogens is 751 g/mol. The van der Waals surface area contributed by atoms with Crippen LogP contribution in [0, 0.1) is 30.1 Å². The van der Waals surface area contributed by atoms with Gasteiger partial charge in [0, 0.05) is 6.42 Å².